The number of aromatic nitrogens is 4. The Bertz CT molecular complexity index is 1570. The van der Waals surface area contributed by atoms with E-state index in [9.17, 15) is 0 Å². The Hall–Kier alpha value is -3.02. The van der Waals surface area contributed by atoms with Crippen LogP contribution in [-0.4, -0.2) is 15.0 Å². The molecule has 0 aliphatic carbocycles. The normalized spacial score (nSPS) is 10.9. The van der Waals surface area contributed by atoms with Crippen molar-refractivity contribution in [2.24, 2.45) is 0 Å². The van der Waals surface area contributed by atoms with E-state index in [4.69, 9.17) is 4.74 Å². The van der Waals surface area contributed by atoms with Crippen molar-refractivity contribution in [1.82, 2.24) is 19.9 Å². The Morgan fingerprint density at radius 1 is 0.838 bits per heavy atom. The first-order chi connectivity index (χ1) is 17.3. The number of fused-ring (bicyclic) bond motifs is 4. The Morgan fingerprint density at radius 3 is 2.49 bits per heavy atom. The maximum atomic E-state index is 5.80. The molecule has 0 saturated carbocycles. The van der Waals surface area contributed by atoms with E-state index in [0.717, 1.165) is 50.4 Å². The van der Waals surface area contributed by atoms with Gasteiger partial charge in [0.25, 0.3) is 0 Å². The summed E-state index contributed by atoms with van der Waals surface area (Å²) in [6.45, 7) is 0.559. The van der Waals surface area contributed by atoms with E-state index in [-0.39, 0.29) is 52.8 Å². The van der Waals surface area contributed by atoms with Gasteiger partial charge in [0.15, 0.2) is 0 Å². The number of pyridine rings is 2. The van der Waals surface area contributed by atoms with Crippen molar-refractivity contribution < 1.29 is 57.6 Å². The summed E-state index contributed by atoms with van der Waals surface area (Å²) in [5, 5.41) is 0. The molecule has 0 amide bonds. The number of imidazole rings is 1. The molecule has 0 bridgehead atoms. The predicted molar refractivity (Wildman–Crippen MR) is 134 cm³/mol. The standard InChI is InChI=1S/C18H10NO.C12H8N3.Ir.Y/c1-2-6-13(7-3-1)15-10-17-18(19-11-15)16-9-5-4-8-14(16)12-20-17;1-2-6-10-9(5-1)14-12(15-10)11-7-3-4-8-13-11;;/h1-6,8,10H,12H2;1-8H;;/q-3;-1;;. The van der Waals surface area contributed by atoms with Gasteiger partial charge in [0.2, 0.25) is 0 Å². The van der Waals surface area contributed by atoms with E-state index in [1.54, 1.807) is 6.20 Å². The van der Waals surface area contributed by atoms with E-state index in [1.807, 2.05) is 91.0 Å². The van der Waals surface area contributed by atoms with E-state index in [2.05, 4.69) is 38.3 Å². The molecule has 0 unspecified atom stereocenters. The summed E-state index contributed by atoms with van der Waals surface area (Å²) in [4.78, 5) is 17.5. The summed E-state index contributed by atoms with van der Waals surface area (Å²) in [6, 6.07) is 35.6. The van der Waals surface area contributed by atoms with Gasteiger partial charge in [0, 0.05) is 64.7 Å². The number of hydrogen-bond acceptors (Lipinski definition) is 4. The van der Waals surface area contributed by atoms with E-state index < -0.39 is 0 Å². The summed E-state index contributed by atoms with van der Waals surface area (Å²) < 4.78 is 5.80. The summed E-state index contributed by atoms with van der Waals surface area (Å²) in [5.41, 5.74) is 7.43. The van der Waals surface area contributed by atoms with Crippen molar-refractivity contribution in [2.45, 2.75) is 6.61 Å². The SMILES string of the molecule is [Ir].[Y].[c-]1ccccc1-c1[c-]nc2c(c1)OCc1ccc[c-]c1-2.c1ccc(-c2nc3ccccc3[n-]2)nc1. The minimum absolute atomic E-state index is 0. The number of para-hydroxylation sites is 2. The molecule has 0 N–H and O–H groups in total. The average molecular weight is 732 g/mol. The second kappa shape index (κ2) is 12.5. The molecule has 0 fully saturated rings. The van der Waals surface area contributed by atoms with Crippen molar-refractivity contribution >= 4 is 11.0 Å². The Kier molecular flexibility index (Phi) is 9.12. The van der Waals surface area contributed by atoms with Crippen molar-refractivity contribution in [2.75, 3.05) is 0 Å². The largest absolute Gasteiger partial charge is 0.516 e. The van der Waals surface area contributed by atoms with Crippen molar-refractivity contribution in [3.8, 4) is 39.7 Å². The first kappa shape index (κ1) is 27.0. The van der Waals surface area contributed by atoms with Gasteiger partial charge in [-0.1, -0.05) is 42.1 Å². The number of hydrogen-bond donors (Lipinski definition) is 0. The molecule has 3 aromatic heterocycles. The van der Waals surface area contributed by atoms with Gasteiger partial charge in [-0.25, -0.2) is 11.1 Å². The van der Waals surface area contributed by atoms with Crippen LogP contribution in [0.5, 0.6) is 5.75 Å². The van der Waals surface area contributed by atoms with Gasteiger partial charge in [-0.15, -0.1) is 42.0 Å². The fraction of sp³-hybridized carbons (Fsp3) is 0.0333. The third-order valence-electron chi connectivity index (χ3n) is 5.59. The summed E-state index contributed by atoms with van der Waals surface area (Å²) in [6.07, 6.45) is 4.82. The van der Waals surface area contributed by atoms with Crippen LogP contribution in [0.4, 0.5) is 0 Å². The second-order valence-corrected chi connectivity index (χ2v) is 7.88. The van der Waals surface area contributed by atoms with Crippen LogP contribution in [-0.2, 0) is 59.4 Å². The van der Waals surface area contributed by atoms with Crippen LogP contribution in [0.15, 0.2) is 97.2 Å². The zero-order valence-electron chi connectivity index (χ0n) is 19.6. The van der Waals surface area contributed by atoms with Gasteiger partial charge in [-0.2, -0.15) is 24.3 Å². The quantitative estimate of drug-likeness (QED) is 0.206. The number of rotatable bonds is 2. The molecule has 0 atom stereocenters. The molecule has 7 heteroatoms. The average Bonchev–Trinajstić information content (AvgIpc) is 3.39. The molecule has 3 aromatic carbocycles. The van der Waals surface area contributed by atoms with Crippen molar-refractivity contribution in [1.29, 1.82) is 0 Å². The monoisotopic (exact) mass is 732 g/mol. The first-order valence-electron chi connectivity index (χ1n) is 11.2. The first-order valence-corrected chi connectivity index (χ1v) is 11.2. The van der Waals surface area contributed by atoms with Crippen LogP contribution in [0.2, 0.25) is 0 Å². The molecule has 1 aliphatic heterocycles. The maximum Gasteiger partial charge on any atom is 0.0781 e. The van der Waals surface area contributed by atoms with Gasteiger partial charge >= 0.3 is 0 Å². The van der Waals surface area contributed by atoms with Crippen LogP contribution in [0.25, 0.3) is 44.9 Å². The zero-order chi connectivity index (χ0) is 23.5. The van der Waals surface area contributed by atoms with Crippen LogP contribution in [0, 0.1) is 18.3 Å². The molecule has 1 aliphatic rings. The zero-order valence-corrected chi connectivity index (χ0v) is 24.8. The molecule has 180 valence electrons. The number of benzene rings is 3. The summed E-state index contributed by atoms with van der Waals surface area (Å²) in [7, 11) is 0. The molecule has 0 saturated heterocycles. The smallest absolute Gasteiger partial charge is 0.0781 e. The molecule has 0 spiro atoms. The van der Waals surface area contributed by atoms with Gasteiger partial charge in [-0.05, 0) is 29.0 Å². The molecular formula is C30H18IrN4OY-4. The van der Waals surface area contributed by atoms with Crippen LogP contribution in [0.3, 0.4) is 0 Å². The van der Waals surface area contributed by atoms with Gasteiger partial charge in [0.05, 0.1) is 18.1 Å². The van der Waals surface area contributed by atoms with Gasteiger partial charge in [-0.3, -0.25) is 4.98 Å². The third-order valence-corrected chi connectivity index (χ3v) is 5.59. The van der Waals surface area contributed by atoms with Crippen LogP contribution >= 0.6 is 0 Å². The number of nitrogens with zero attached hydrogens (tertiary/aromatic N) is 4. The second-order valence-electron chi connectivity index (χ2n) is 7.88. The van der Waals surface area contributed by atoms with Gasteiger partial charge in [0.1, 0.15) is 0 Å². The molecular weight excluding hydrogens is 713 g/mol. The molecule has 4 heterocycles. The summed E-state index contributed by atoms with van der Waals surface area (Å²) >= 11 is 0. The Labute approximate surface area is 254 Å². The topological polar surface area (TPSA) is 62.0 Å². The molecule has 7 rings (SSSR count). The fourth-order valence-electron chi connectivity index (χ4n) is 3.87. The molecule has 2 radical (unpaired) electrons. The van der Waals surface area contributed by atoms with E-state index in [1.165, 1.54) is 0 Å². The van der Waals surface area contributed by atoms with E-state index >= 15 is 0 Å². The Balaban J connectivity index is 0.000000170. The Morgan fingerprint density at radius 2 is 1.68 bits per heavy atom. The number of ether oxygens (including phenoxy) is 1. The minimum Gasteiger partial charge on any atom is -0.516 e. The molecule has 37 heavy (non-hydrogen) atoms. The predicted octanol–water partition coefficient (Wildman–Crippen LogP) is 5.96. The van der Waals surface area contributed by atoms with Gasteiger partial charge < -0.3 is 19.7 Å². The van der Waals surface area contributed by atoms with Crippen molar-refractivity contribution in [3.63, 3.8) is 0 Å². The third kappa shape index (κ3) is 5.94. The maximum absolute atomic E-state index is 5.80. The van der Waals surface area contributed by atoms with Crippen molar-refractivity contribution in [3.05, 3.63) is 121 Å². The van der Waals surface area contributed by atoms with E-state index in [0.29, 0.717) is 12.4 Å². The fourth-order valence-corrected chi connectivity index (χ4v) is 3.87. The van der Waals surface area contributed by atoms with Crippen LogP contribution in [0.1, 0.15) is 5.56 Å². The van der Waals surface area contributed by atoms with Crippen LogP contribution < -0.4 is 9.72 Å². The minimum atomic E-state index is 0. The molecule has 5 nitrogen and oxygen atoms in total. The summed E-state index contributed by atoms with van der Waals surface area (Å²) in [5.74, 6) is 1.47. The molecule has 6 aromatic rings.